The summed E-state index contributed by atoms with van der Waals surface area (Å²) in [6.07, 6.45) is 0. The first-order chi connectivity index (χ1) is 22.3. The second kappa shape index (κ2) is 9.32. The van der Waals surface area contributed by atoms with Gasteiger partial charge in [0.1, 0.15) is 0 Å². The molecule has 0 aliphatic carbocycles. The number of rotatable bonds is 3. The van der Waals surface area contributed by atoms with Crippen molar-refractivity contribution in [2.45, 2.75) is 0 Å². The molecule has 10 aromatic rings. The molecule has 5 nitrogen and oxygen atoms in total. The lowest BCUT2D eigenvalue weighted by Crippen LogP contribution is -2.10. The second-order valence-corrected chi connectivity index (χ2v) is 12.4. The number of nitrogens with zero attached hydrogens (tertiary/aromatic N) is 5. The molecule has 0 amide bonds. The van der Waals surface area contributed by atoms with Crippen LogP contribution in [0.5, 0.6) is 0 Å². The van der Waals surface area contributed by atoms with Crippen molar-refractivity contribution in [2.24, 2.45) is 0 Å². The van der Waals surface area contributed by atoms with Gasteiger partial charge >= 0.3 is 0 Å². The molecule has 0 saturated heterocycles. The molecule has 10 rings (SSSR count). The number of aromatic nitrogens is 5. The van der Waals surface area contributed by atoms with E-state index >= 15 is 0 Å². The van der Waals surface area contributed by atoms with Gasteiger partial charge in [-0.1, -0.05) is 91.0 Å². The van der Waals surface area contributed by atoms with Crippen LogP contribution in [0.25, 0.3) is 87.1 Å². The Labute approximate surface area is 261 Å². The SMILES string of the molecule is c1ccc2c(c1)sc1ccc(-c3nc(-n4c5ccccc5c5ccccc54)nc(-n4c5ccccc5c5ccccc54)n3)cc12. The second-order valence-electron chi connectivity index (χ2n) is 11.3. The van der Waals surface area contributed by atoms with E-state index in [9.17, 15) is 0 Å². The minimum absolute atomic E-state index is 0.588. The van der Waals surface area contributed by atoms with Gasteiger partial charge in [-0.15, -0.1) is 11.3 Å². The van der Waals surface area contributed by atoms with Crippen LogP contribution in [0.2, 0.25) is 0 Å². The molecule has 210 valence electrons. The molecule has 6 aromatic carbocycles. The maximum Gasteiger partial charge on any atom is 0.240 e. The third kappa shape index (κ3) is 3.57. The first-order valence-electron chi connectivity index (χ1n) is 15.0. The highest BCUT2D eigenvalue weighted by Crippen LogP contribution is 2.37. The van der Waals surface area contributed by atoms with Gasteiger partial charge < -0.3 is 0 Å². The summed E-state index contributed by atoms with van der Waals surface area (Å²) < 4.78 is 6.87. The van der Waals surface area contributed by atoms with Gasteiger partial charge in [-0.3, -0.25) is 9.13 Å². The summed E-state index contributed by atoms with van der Waals surface area (Å²) in [4.78, 5) is 15.7. The predicted molar refractivity (Wildman–Crippen MR) is 187 cm³/mol. The van der Waals surface area contributed by atoms with Gasteiger partial charge in [-0.2, -0.15) is 15.0 Å². The van der Waals surface area contributed by atoms with Crippen molar-refractivity contribution >= 4 is 75.1 Å². The number of fused-ring (bicyclic) bond motifs is 9. The van der Waals surface area contributed by atoms with Crippen molar-refractivity contribution in [1.29, 1.82) is 0 Å². The Balaban J connectivity index is 1.32. The van der Waals surface area contributed by atoms with E-state index in [4.69, 9.17) is 15.0 Å². The Bertz CT molecular complexity index is 2550. The minimum Gasteiger partial charge on any atom is -0.278 e. The van der Waals surface area contributed by atoms with Crippen LogP contribution in [0, 0.1) is 0 Å². The van der Waals surface area contributed by atoms with E-state index in [1.807, 2.05) is 11.3 Å². The Morgan fingerprint density at radius 2 is 0.800 bits per heavy atom. The zero-order valence-corrected chi connectivity index (χ0v) is 24.7. The molecule has 4 heterocycles. The minimum atomic E-state index is 0.588. The topological polar surface area (TPSA) is 48.5 Å². The molecule has 4 aromatic heterocycles. The van der Waals surface area contributed by atoms with Crippen molar-refractivity contribution in [3.05, 3.63) is 140 Å². The van der Waals surface area contributed by atoms with E-state index in [0.29, 0.717) is 17.7 Å². The Morgan fingerprint density at radius 1 is 0.378 bits per heavy atom. The Hall–Kier alpha value is -5.85. The van der Waals surface area contributed by atoms with Crippen LogP contribution in [-0.4, -0.2) is 24.1 Å². The maximum absolute atomic E-state index is 5.25. The number of para-hydroxylation sites is 4. The van der Waals surface area contributed by atoms with Gasteiger partial charge in [0.25, 0.3) is 0 Å². The van der Waals surface area contributed by atoms with E-state index in [2.05, 4.69) is 149 Å². The standard InChI is InChI=1S/C39H23N5S/c1-6-16-31-25(11-1)26-12-2-7-17-32(26)43(31)38-40-37(24-21-22-36-30(23-24)29-15-5-10-20-35(29)45-36)41-39(42-38)44-33-18-8-3-13-27(33)28-14-4-9-19-34(28)44/h1-23H. The average Bonchev–Trinajstić information content (AvgIpc) is 3.75. The summed E-state index contributed by atoms with van der Waals surface area (Å²) in [5, 5.41) is 7.13. The first kappa shape index (κ1) is 24.6. The van der Waals surface area contributed by atoms with Crippen molar-refractivity contribution < 1.29 is 0 Å². The molecule has 0 radical (unpaired) electrons. The molecule has 0 fully saturated rings. The van der Waals surface area contributed by atoms with Crippen LogP contribution < -0.4 is 0 Å². The molecule has 0 unspecified atom stereocenters. The smallest absolute Gasteiger partial charge is 0.240 e. The molecule has 0 atom stereocenters. The summed E-state index contributed by atoms with van der Waals surface area (Å²) >= 11 is 1.81. The highest BCUT2D eigenvalue weighted by atomic mass is 32.1. The summed E-state index contributed by atoms with van der Waals surface area (Å²) in [6.45, 7) is 0. The van der Waals surface area contributed by atoms with Gasteiger partial charge in [0.2, 0.25) is 11.9 Å². The van der Waals surface area contributed by atoms with Crippen LogP contribution >= 0.6 is 11.3 Å². The molecular formula is C39H23N5S. The fourth-order valence-electron chi connectivity index (χ4n) is 6.82. The van der Waals surface area contributed by atoms with E-state index in [0.717, 1.165) is 27.6 Å². The van der Waals surface area contributed by atoms with E-state index in [1.54, 1.807) is 0 Å². The summed E-state index contributed by atoms with van der Waals surface area (Å²) in [5.74, 6) is 1.81. The number of hydrogen-bond acceptors (Lipinski definition) is 4. The summed E-state index contributed by atoms with van der Waals surface area (Å²) in [6, 6.07) is 49.0. The van der Waals surface area contributed by atoms with Crippen molar-refractivity contribution in [2.75, 3.05) is 0 Å². The zero-order valence-electron chi connectivity index (χ0n) is 23.9. The normalized spacial score (nSPS) is 12.0. The van der Waals surface area contributed by atoms with Gasteiger partial charge in [-0.25, -0.2) is 0 Å². The number of benzene rings is 6. The highest BCUT2D eigenvalue weighted by Gasteiger charge is 2.20. The monoisotopic (exact) mass is 593 g/mol. The predicted octanol–water partition coefficient (Wildman–Crippen LogP) is 10.1. The third-order valence-electron chi connectivity index (χ3n) is 8.81. The fraction of sp³-hybridized carbons (Fsp3) is 0. The third-order valence-corrected chi connectivity index (χ3v) is 9.96. The zero-order chi connectivity index (χ0) is 29.5. The molecule has 0 N–H and O–H groups in total. The number of hydrogen-bond donors (Lipinski definition) is 0. The van der Waals surface area contributed by atoms with Crippen LogP contribution in [-0.2, 0) is 0 Å². The molecule has 45 heavy (non-hydrogen) atoms. The lowest BCUT2D eigenvalue weighted by atomic mass is 10.1. The Kier molecular flexibility index (Phi) is 5.09. The molecule has 0 aliphatic rings. The van der Waals surface area contributed by atoms with Gasteiger partial charge in [0.05, 0.1) is 22.1 Å². The summed E-state index contributed by atoms with van der Waals surface area (Å²) in [5.41, 5.74) is 5.19. The molecular weight excluding hydrogens is 571 g/mol. The lowest BCUT2D eigenvalue weighted by Gasteiger charge is -2.12. The van der Waals surface area contributed by atoms with E-state index in [1.165, 1.54) is 41.7 Å². The molecule has 6 heteroatoms. The fourth-order valence-corrected chi connectivity index (χ4v) is 7.91. The van der Waals surface area contributed by atoms with Crippen LogP contribution in [0.15, 0.2) is 140 Å². The average molecular weight is 594 g/mol. The maximum atomic E-state index is 5.25. The molecule has 0 aliphatic heterocycles. The molecule has 0 saturated carbocycles. The van der Waals surface area contributed by atoms with Gasteiger partial charge in [-0.05, 0) is 48.5 Å². The summed E-state index contributed by atoms with van der Waals surface area (Å²) in [7, 11) is 0. The van der Waals surface area contributed by atoms with E-state index in [-0.39, 0.29) is 0 Å². The van der Waals surface area contributed by atoms with Crippen LogP contribution in [0.4, 0.5) is 0 Å². The molecule has 0 spiro atoms. The van der Waals surface area contributed by atoms with E-state index < -0.39 is 0 Å². The van der Waals surface area contributed by atoms with Crippen LogP contribution in [0.1, 0.15) is 0 Å². The first-order valence-corrected chi connectivity index (χ1v) is 15.8. The molecule has 0 bridgehead atoms. The lowest BCUT2D eigenvalue weighted by molar-refractivity contribution is 0.893. The van der Waals surface area contributed by atoms with Crippen LogP contribution in [0.3, 0.4) is 0 Å². The van der Waals surface area contributed by atoms with Crippen molar-refractivity contribution in [1.82, 2.24) is 24.1 Å². The van der Waals surface area contributed by atoms with Gasteiger partial charge in [0, 0.05) is 47.3 Å². The highest BCUT2D eigenvalue weighted by molar-refractivity contribution is 7.25. The van der Waals surface area contributed by atoms with Gasteiger partial charge in [0.15, 0.2) is 5.82 Å². The quantitative estimate of drug-likeness (QED) is 0.205. The number of thiophene rings is 1. The van der Waals surface area contributed by atoms with Crippen molar-refractivity contribution in [3.8, 4) is 23.3 Å². The van der Waals surface area contributed by atoms with Crippen molar-refractivity contribution in [3.63, 3.8) is 0 Å². The Morgan fingerprint density at radius 3 is 1.31 bits per heavy atom. The largest absolute Gasteiger partial charge is 0.278 e.